The summed E-state index contributed by atoms with van der Waals surface area (Å²) in [7, 11) is 1.38. The van der Waals surface area contributed by atoms with Crippen LogP contribution in [-0.2, 0) is 19.1 Å². The fourth-order valence-corrected chi connectivity index (χ4v) is 1.54. The molecule has 15 heavy (non-hydrogen) atoms. The Balaban J connectivity index is 4.95. The average Bonchev–Trinajstić information content (AvgIpc) is 2.25. The van der Waals surface area contributed by atoms with Gasteiger partial charge in [-0.15, -0.1) is 0 Å². The summed E-state index contributed by atoms with van der Waals surface area (Å²) in [4.78, 5) is 23.5. The molecule has 0 heterocycles. The molecule has 1 atom stereocenters. The van der Waals surface area contributed by atoms with Crippen molar-refractivity contribution >= 4 is 11.8 Å². The molecule has 4 heteroatoms. The van der Waals surface area contributed by atoms with Crippen molar-refractivity contribution in [3.05, 3.63) is 0 Å². The van der Waals surface area contributed by atoms with E-state index in [1.54, 1.807) is 13.8 Å². The third kappa shape index (κ3) is 3.02. The van der Waals surface area contributed by atoms with Gasteiger partial charge in [-0.05, 0) is 13.3 Å². The number of ether oxygens (including phenoxy) is 2. The summed E-state index contributed by atoms with van der Waals surface area (Å²) in [6, 6.07) is 0. The normalized spacial score (nSPS) is 14.4. The van der Waals surface area contributed by atoms with Gasteiger partial charge in [-0.3, -0.25) is 4.79 Å². The topological polar surface area (TPSA) is 52.6 Å². The third-order valence-electron chi connectivity index (χ3n) is 2.33. The highest BCUT2D eigenvalue weighted by Gasteiger charge is 2.45. The van der Waals surface area contributed by atoms with E-state index in [1.807, 2.05) is 6.92 Å². The molecule has 0 aromatic rings. The summed E-state index contributed by atoms with van der Waals surface area (Å²) in [6.07, 6.45) is 1.33. The van der Waals surface area contributed by atoms with E-state index in [4.69, 9.17) is 9.47 Å². The van der Waals surface area contributed by atoms with E-state index in [0.29, 0.717) is 12.8 Å². The van der Waals surface area contributed by atoms with Gasteiger partial charge < -0.3 is 9.47 Å². The lowest BCUT2D eigenvalue weighted by Gasteiger charge is -2.27. The molecule has 0 bridgehead atoms. The van der Waals surface area contributed by atoms with Crippen molar-refractivity contribution in [2.75, 3.05) is 13.7 Å². The Kier molecular flexibility index (Phi) is 6.17. The number of hydrogen-bond donors (Lipinski definition) is 0. The van der Waals surface area contributed by atoms with Crippen molar-refractivity contribution in [1.29, 1.82) is 0 Å². The molecule has 0 N–H and O–H groups in total. The molecule has 0 saturated carbocycles. The first-order valence-electron chi connectivity index (χ1n) is 5.34. The van der Waals surface area contributed by atoms with Crippen LogP contribution >= 0.6 is 0 Å². The monoisotopic (exact) mass is 216 g/mol. The molecule has 0 rings (SSSR count). The average molecular weight is 216 g/mol. The van der Waals surface area contributed by atoms with Crippen LogP contribution in [0.2, 0.25) is 0 Å². The number of hydrogen-bond acceptors (Lipinski definition) is 4. The highest BCUT2D eigenvalue weighted by Crippen LogP contribution is 2.22. The van der Waals surface area contributed by atoms with Gasteiger partial charge in [0.05, 0.1) is 6.61 Å². The summed E-state index contributed by atoms with van der Waals surface area (Å²) in [5.41, 5.74) is -1.39. The molecule has 0 radical (unpaired) electrons. The van der Waals surface area contributed by atoms with Gasteiger partial charge in [0.2, 0.25) is 5.60 Å². The summed E-state index contributed by atoms with van der Waals surface area (Å²) < 4.78 is 10.0. The lowest BCUT2D eigenvalue weighted by Crippen LogP contribution is -2.49. The predicted octanol–water partition coefficient (Wildman–Crippen LogP) is 1.71. The van der Waals surface area contributed by atoms with E-state index < -0.39 is 11.6 Å². The van der Waals surface area contributed by atoms with Crippen molar-refractivity contribution in [1.82, 2.24) is 0 Å². The summed E-state index contributed by atoms with van der Waals surface area (Å²) >= 11 is 0. The van der Waals surface area contributed by atoms with E-state index in [9.17, 15) is 9.59 Å². The number of rotatable bonds is 7. The van der Waals surface area contributed by atoms with Crippen LogP contribution in [0.1, 0.15) is 40.0 Å². The number of Topliss-reactive ketones (excluding diaryl/α,β-unsaturated/α-hetero) is 1. The minimum atomic E-state index is -1.39. The Morgan fingerprint density at radius 1 is 1.20 bits per heavy atom. The molecule has 0 amide bonds. The van der Waals surface area contributed by atoms with Crippen molar-refractivity contribution in [3.8, 4) is 0 Å². The second-order valence-electron chi connectivity index (χ2n) is 3.28. The quantitative estimate of drug-likeness (QED) is 0.480. The Bertz CT molecular complexity index is 225. The van der Waals surface area contributed by atoms with E-state index in [0.717, 1.165) is 0 Å². The minimum absolute atomic E-state index is 0.217. The van der Waals surface area contributed by atoms with E-state index in [1.165, 1.54) is 7.11 Å². The first-order chi connectivity index (χ1) is 7.08. The van der Waals surface area contributed by atoms with Gasteiger partial charge in [0.1, 0.15) is 0 Å². The molecule has 0 fully saturated rings. The number of methoxy groups -OCH3 is 1. The Hall–Kier alpha value is -0.900. The SMILES string of the molecule is CCCC(OC)(C(=O)CC)C(=O)OCC. The zero-order valence-corrected chi connectivity index (χ0v) is 9.96. The largest absolute Gasteiger partial charge is 0.464 e. The maximum Gasteiger partial charge on any atom is 0.346 e. The number of carbonyl (C=O) groups excluding carboxylic acids is 2. The summed E-state index contributed by atoms with van der Waals surface area (Å²) in [5, 5.41) is 0. The molecule has 88 valence electrons. The van der Waals surface area contributed by atoms with Crippen LogP contribution in [0.25, 0.3) is 0 Å². The fourth-order valence-electron chi connectivity index (χ4n) is 1.54. The fraction of sp³-hybridized carbons (Fsp3) is 0.818. The van der Waals surface area contributed by atoms with Crippen LogP contribution in [0, 0.1) is 0 Å². The van der Waals surface area contributed by atoms with Gasteiger partial charge in [-0.25, -0.2) is 4.79 Å². The molecule has 0 aromatic carbocycles. The van der Waals surface area contributed by atoms with Gasteiger partial charge in [0, 0.05) is 13.5 Å². The molecule has 0 saturated heterocycles. The zero-order chi connectivity index (χ0) is 11.9. The van der Waals surface area contributed by atoms with Gasteiger partial charge in [0.25, 0.3) is 0 Å². The standard InChI is InChI=1S/C11H20O4/c1-5-8-11(14-4,9(12)6-2)10(13)15-7-3/h5-8H2,1-4H3. The Morgan fingerprint density at radius 2 is 1.80 bits per heavy atom. The second kappa shape index (κ2) is 6.56. The van der Waals surface area contributed by atoms with Gasteiger partial charge in [-0.2, -0.15) is 0 Å². The Labute approximate surface area is 90.9 Å². The van der Waals surface area contributed by atoms with Crippen molar-refractivity contribution in [2.24, 2.45) is 0 Å². The number of ketones is 1. The molecule has 0 spiro atoms. The number of esters is 1. The van der Waals surface area contributed by atoms with Crippen molar-refractivity contribution < 1.29 is 19.1 Å². The summed E-state index contributed by atoms with van der Waals surface area (Å²) in [5.74, 6) is -0.786. The predicted molar refractivity (Wildman–Crippen MR) is 56.6 cm³/mol. The van der Waals surface area contributed by atoms with Crippen LogP contribution in [0.5, 0.6) is 0 Å². The van der Waals surface area contributed by atoms with E-state index >= 15 is 0 Å². The maximum absolute atomic E-state index is 11.7. The number of carbonyl (C=O) groups is 2. The van der Waals surface area contributed by atoms with E-state index in [2.05, 4.69) is 0 Å². The smallest absolute Gasteiger partial charge is 0.346 e. The van der Waals surface area contributed by atoms with Crippen LogP contribution in [0.4, 0.5) is 0 Å². The summed E-state index contributed by atoms with van der Waals surface area (Å²) in [6.45, 7) is 5.58. The van der Waals surface area contributed by atoms with Crippen LogP contribution in [0.3, 0.4) is 0 Å². The first kappa shape index (κ1) is 14.1. The van der Waals surface area contributed by atoms with Gasteiger partial charge >= 0.3 is 5.97 Å². The minimum Gasteiger partial charge on any atom is -0.464 e. The molecule has 0 aliphatic heterocycles. The Morgan fingerprint density at radius 3 is 2.13 bits per heavy atom. The first-order valence-corrected chi connectivity index (χ1v) is 5.34. The highest BCUT2D eigenvalue weighted by molar-refractivity contribution is 6.07. The molecule has 0 aromatic heterocycles. The lowest BCUT2D eigenvalue weighted by molar-refractivity contribution is -0.174. The molecule has 0 aliphatic rings. The zero-order valence-electron chi connectivity index (χ0n) is 9.96. The molecular formula is C11H20O4. The molecular weight excluding hydrogens is 196 g/mol. The lowest BCUT2D eigenvalue weighted by atomic mass is 9.91. The van der Waals surface area contributed by atoms with Crippen LogP contribution < -0.4 is 0 Å². The second-order valence-corrected chi connectivity index (χ2v) is 3.28. The molecule has 4 nitrogen and oxygen atoms in total. The maximum atomic E-state index is 11.7. The van der Waals surface area contributed by atoms with Crippen molar-refractivity contribution in [2.45, 2.75) is 45.6 Å². The van der Waals surface area contributed by atoms with Gasteiger partial charge in [-0.1, -0.05) is 20.3 Å². The van der Waals surface area contributed by atoms with E-state index in [-0.39, 0.29) is 18.8 Å². The van der Waals surface area contributed by atoms with Crippen LogP contribution in [0.15, 0.2) is 0 Å². The highest BCUT2D eigenvalue weighted by atomic mass is 16.6. The third-order valence-corrected chi connectivity index (χ3v) is 2.33. The van der Waals surface area contributed by atoms with Crippen LogP contribution in [-0.4, -0.2) is 31.1 Å². The molecule has 1 unspecified atom stereocenters. The molecule has 0 aliphatic carbocycles. The van der Waals surface area contributed by atoms with Gasteiger partial charge in [0.15, 0.2) is 5.78 Å². The van der Waals surface area contributed by atoms with Crippen molar-refractivity contribution in [3.63, 3.8) is 0 Å².